The third-order valence-corrected chi connectivity index (χ3v) is 2.88. The van der Waals surface area contributed by atoms with E-state index >= 15 is 0 Å². The van der Waals surface area contributed by atoms with E-state index in [4.69, 9.17) is 9.94 Å². The van der Waals surface area contributed by atoms with Crippen molar-refractivity contribution in [3.05, 3.63) is 0 Å². The van der Waals surface area contributed by atoms with Gasteiger partial charge in [0.1, 0.15) is 0 Å². The lowest BCUT2D eigenvalue weighted by atomic mass is 9.95. The van der Waals surface area contributed by atoms with E-state index in [2.05, 4.69) is 0 Å². The van der Waals surface area contributed by atoms with E-state index < -0.39 is 6.09 Å². The van der Waals surface area contributed by atoms with E-state index in [-0.39, 0.29) is 11.8 Å². The molecule has 92 valence electrons. The lowest BCUT2D eigenvalue weighted by molar-refractivity contribution is -0.170. The molecule has 1 fully saturated rings. The molecule has 1 aliphatic rings. The molecule has 0 aliphatic carbocycles. The zero-order valence-corrected chi connectivity index (χ0v) is 9.68. The van der Waals surface area contributed by atoms with Gasteiger partial charge >= 0.3 is 6.09 Å². The molecule has 0 spiro atoms. The first-order valence-corrected chi connectivity index (χ1v) is 5.33. The van der Waals surface area contributed by atoms with Gasteiger partial charge in [0, 0.05) is 26.6 Å². The van der Waals surface area contributed by atoms with Crippen LogP contribution in [0.15, 0.2) is 0 Å². The maximum Gasteiger partial charge on any atom is 0.407 e. The second-order valence-electron chi connectivity index (χ2n) is 4.01. The van der Waals surface area contributed by atoms with Gasteiger partial charge in [0.05, 0.1) is 7.11 Å². The molecule has 1 unspecified atom stereocenters. The van der Waals surface area contributed by atoms with Crippen LogP contribution in [0.3, 0.4) is 0 Å². The van der Waals surface area contributed by atoms with E-state index in [1.807, 2.05) is 0 Å². The molecule has 6 nitrogen and oxygen atoms in total. The predicted molar refractivity (Wildman–Crippen MR) is 56.7 cm³/mol. The van der Waals surface area contributed by atoms with Crippen LogP contribution >= 0.6 is 0 Å². The number of nitrogens with zero attached hydrogens (tertiary/aromatic N) is 2. The smallest absolute Gasteiger partial charge is 0.407 e. The Bertz CT molecular complexity index is 270. The fraction of sp³-hybridized carbons (Fsp3) is 0.800. The van der Waals surface area contributed by atoms with Crippen LogP contribution in [0, 0.1) is 5.92 Å². The second-order valence-corrected chi connectivity index (χ2v) is 4.01. The lowest BCUT2D eigenvalue weighted by Crippen LogP contribution is -2.40. The Labute approximate surface area is 94.7 Å². The Morgan fingerprint density at radius 1 is 1.56 bits per heavy atom. The minimum absolute atomic E-state index is 0.106. The maximum atomic E-state index is 11.6. The maximum absolute atomic E-state index is 11.6. The van der Waals surface area contributed by atoms with Gasteiger partial charge in [-0.1, -0.05) is 0 Å². The summed E-state index contributed by atoms with van der Waals surface area (Å²) in [6.45, 7) is 1.01. The molecule has 0 bridgehead atoms. The summed E-state index contributed by atoms with van der Waals surface area (Å²) in [5, 5.41) is 10.0. The highest BCUT2D eigenvalue weighted by molar-refractivity contribution is 5.75. The van der Waals surface area contributed by atoms with E-state index in [9.17, 15) is 9.59 Å². The Hall–Kier alpha value is -1.30. The van der Waals surface area contributed by atoms with Gasteiger partial charge in [-0.15, -0.1) is 0 Å². The van der Waals surface area contributed by atoms with E-state index in [0.29, 0.717) is 19.5 Å². The van der Waals surface area contributed by atoms with Crippen molar-refractivity contribution in [1.82, 2.24) is 9.96 Å². The van der Waals surface area contributed by atoms with Gasteiger partial charge in [0.25, 0.3) is 0 Å². The molecule has 16 heavy (non-hydrogen) atoms. The molecule has 1 N–H and O–H groups in total. The van der Waals surface area contributed by atoms with Gasteiger partial charge in [0.2, 0.25) is 5.91 Å². The molecule has 1 rings (SSSR count). The first-order valence-electron chi connectivity index (χ1n) is 5.33. The van der Waals surface area contributed by atoms with Crippen molar-refractivity contribution < 1.29 is 19.5 Å². The Kier molecular flexibility index (Phi) is 4.54. The van der Waals surface area contributed by atoms with Crippen LogP contribution in [-0.4, -0.2) is 54.3 Å². The first kappa shape index (κ1) is 12.8. The number of carboxylic acid groups (broad SMARTS) is 1. The third-order valence-electron chi connectivity index (χ3n) is 2.88. The highest BCUT2D eigenvalue weighted by atomic mass is 16.7. The SMILES string of the molecule is CON(C)C(=O)CC1CCCN(C(=O)O)C1. The van der Waals surface area contributed by atoms with Gasteiger partial charge in [-0.3, -0.25) is 9.63 Å². The van der Waals surface area contributed by atoms with Crippen molar-refractivity contribution in [2.75, 3.05) is 27.2 Å². The molecule has 1 aliphatic heterocycles. The monoisotopic (exact) mass is 230 g/mol. The van der Waals surface area contributed by atoms with E-state index in [1.54, 1.807) is 7.05 Å². The van der Waals surface area contributed by atoms with Crippen molar-refractivity contribution in [3.63, 3.8) is 0 Å². The molecule has 1 heterocycles. The summed E-state index contributed by atoms with van der Waals surface area (Å²) in [7, 11) is 2.99. The van der Waals surface area contributed by atoms with Gasteiger partial charge in [0.15, 0.2) is 0 Å². The van der Waals surface area contributed by atoms with Gasteiger partial charge in [-0.2, -0.15) is 0 Å². The highest BCUT2D eigenvalue weighted by Crippen LogP contribution is 2.20. The fourth-order valence-corrected chi connectivity index (χ4v) is 1.88. The molecule has 0 aromatic rings. The summed E-state index contributed by atoms with van der Waals surface area (Å²) in [4.78, 5) is 28.5. The van der Waals surface area contributed by atoms with E-state index in [1.165, 1.54) is 17.1 Å². The second kappa shape index (κ2) is 5.69. The Balaban J connectivity index is 2.43. The number of likely N-dealkylation sites (tertiary alicyclic amines) is 1. The number of rotatable bonds is 3. The van der Waals surface area contributed by atoms with Crippen LogP contribution in [0.2, 0.25) is 0 Å². The van der Waals surface area contributed by atoms with Crippen LogP contribution in [0.5, 0.6) is 0 Å². The van der Waals surface area contributed by atoms with Crippen molar-refractivity contribution >= 4 is 12.0 Å². The average molecular weight is 230 g/mol. The largest absolute Gasteiger partial charge is 0.465 e. The van der Waals surface area contributed by atoms with Crippen molar-refractivity contribution in [1.29, 1.82) is 0 Å². The van der Waals surface area contributed by atoms with Crippen molar-refractivity contribution in [2.24, 2.45) is 5.92 Å². The molecule has 0 saturated carbocycles. The van der Waals surface area contributed by atoms with Crippen LogP contribution in [0.25, 0.3) is 0 Å². The first-order chi connectivity index (χ1) is 7.54. The van der Waals surface area contributed by atoms with Crippen LogP contribution in [0.1, 0.15) is 19.3 Å². The minimum Gasteiger partial charge on any atom is -0.465 e. The summed E-state index contributed by atoms with van der Waals surface area (Å²) >= 11 is 0. The van der Waals surface area contributed by atoms with Crippen molar-refractivity contribution in [3.8, 4) is 0 Å². The predicted octanol–water partition coefficient (Wildman–Crippen LogP) is 0.786. The number of carbonyl (C=O) groups excluding carboxylic acids is 1. The van der Waals surface area contributed by atoms with Crippen LogP contribution in [-0.2, 0) is 9.63 Å². The van der Waals surface area contributed by atoms with Gasteiger partial charge in [-0.25, -0.2) is 9.86 Å². The van der Waals surface area contributed by atoms with Gasteiger partial charge < -0.3 is 10.0 Å². The molecule has 2 amide bonds. The lowest BCUT2D eigenvalue weighted by Gasteiger charge is -2.30. The van der Waals surface area contributed by atoms with Crippen molar-refractivity contribution in [2.45, 2.75) is 19.3 Å². The number of carbonyl (C=O) groups is 2. The molecule has 0 aromatic carbocycles. The molecule has 6 heteroatoms. The number of hydroxylamine groups is 2. The van der Waals surface area contributed by atoms with E-state index in [0.717, 1.165) is 12.8 Å². The summed E-state index contributed by atoms with van der Waals surface area (Å²) in [5.74, 6) is -0.00492. The molecule has 1 saturated heterocycles. The standard InChI is InChI=1S/C10H18N2O4/c1-11(16-2)9(13)6-8-4-3-5-12(7-8)10(14)15/h8H,3-7H2,1-2H3,(H,14,15). The van der Waals surface area contributed by atoms with Crippen LogP contribution in [0.4, 0.5) is 4.79 Å². The zero-order valence-electron chi connectivity index (χ0n) is 9.68. The molecule has 1 atom stereocenters. The fourth-order valence-electron chi connectivity index (χ4n) is 1.88. The summed E-state index contributed by atoms with van der Waals surface area (Å²) in [6.07, 6.45) is 1.15. The van der Waals surface area contributed by atoms with Crippen LogP contribution < -0.4 is 0 Å². The number of hydrogen-bond acceptors (Lipinski definition) is 3. The normalized spacial score (nSPS) is 20.6. The Morgan fingerprint density at radius 2 is 2.25 bits per heavy atom. The highest BCUT2D eigenvalue weighted by Gasteiger charge is 2.25. The number of amides is 2. The average Bonchev–Trinajstić information content (AvgIpc) is 2.28. The number of hydrogen-bond donors (Lipinski definition) is 1. The molecule has 0 aromatic heterocycles. The summed E-state index contributed by atoms with van der Waals surface area (Å²) in [6, 6.07) is 0. The summed E-state index contributed by atoms with van der Waals surface area (Å²) < 4.78 is 0. The third kappa shape index (κ3) is 3.37. The molecular formula is C10H18N2O4. The quantitative estimate of drug-likeness (QED) is 0.727. The van der Waals surface area contributed by atoms with Gasteiger partial charge in [-0.05, 0) is 18.8 Å². The molecular weight excluding hydrogens is 212 g/mol. The topological polar surface area (TPSA) is 70.1 Å². The Morgan fingerprint density at radius 3 is 2.81 bits per heavy atom. The number of piperidine rings is 1. The summed E-state index contributed by atoms with van der Waals surface area (Å²) in [5.41, 5.74) is 0. The zero-order chi connectivity index (χ0) is 12.1. The molecule has 0 radical (unpaired) electrons. The minimum atomic E-state index is -0.905.